The molecule has 1 aromatic carbocycles. The summed E-state index contributed by atoms with van der Waals surface area (Å²) >= 11 is 3.85. The zero-order chi connectivity index (χ0) is 24.9. The van der Waals surface area contributed by atoms with Gasteiger partial charge in [-0.2, -0.15) is 0 Å². The molecule has 1 aliphatic heterocycles. The quantitative estimate of drug-likeness (QED) is 0.496. The van der Waals surface area contributed by atoms with E-state index in [1.54, 1.807) is 0 Å². The number of fused-ring (bicyclic) bond motifs is 2. The molecule has 0 spiro atoms. The molecule has 184 valence electrons. The van der Waals surface area contributed by atoms with Crippen LogP contribution in [-0.2, 0) is 20.7 Å². The molecule has 2 aliphatic rings. The second-order valence-corrected chi connectivity index (χ2v) is 11.2. The number of likely N-dealkylation sites (N-methyl/N-ethyl adjacent to an activating group) is 1. The van der Waals surface area contributed by atoms with E-state index in [-0.39, 0.29) is 23.8 Å². The molecule has 0 saturated carbocycles. The number of carbonyl (C=O) groups is 2. The summed E-state index contributed by atoms with van der Waals surface area (Å²) in [4.78, 5) is 30.0. The number of hydrogen-bond donors (Lipinski definition) is 0. The number of hydrogen-bond acceptors (Lipinski definition) is 4. The van der Waals surface area contributed by atoms with Gasteiger partial charge in [-0.25, -0.2) is 0 Å². The molecule has 1 amide bonds. The van der Waals surface area contributed by atoms with E-state index in [4.69, 9.17) is 4.74 Å². The van der Waals surface area contributed by atoms with Crippen LogP contribution in [0.25, 0.3) is 16.5 Å². The summed E-state index contributed by atoms with van der Waals surface area (Å²) in [5, 5.41) is 1.18. The van der Waals surface area contributed by atoms with Gasteiger partial charge in [0.2, 0.25) is 5.91 Å². The number of carbonyl (C=O) groups excluding carboxylic acids is 2. The van der Waals surface area contributed by atoms with Crippen molar-refractivity contribution in [2.24, 2.45) is 11.3 Å². The molecule has 0 bridgehead atoms. The van der Waals surface area contributed by atoms with Gasteiger partial charge in [-0.3, -0.25) is 19.1 Å². The van der Waals surface area contributed by atoms with Crippen molar-refractivity contribution >= 4 is 44.3 Å². The van der Waals surface area contributed by atoms with E-state index in [1.807, 2.05) is 46.4 Å². The third-order valence-electron chi connectivity index (χ3n) is 7.18. The van der Waals surface area contributed by atoms with E-state index < -0.39 is 11.6 Å². The number of aromatic nitrogens is 1. The Morgan fingerprint density at radius 2 is 1.91 bits per heavy atom. The van der Waals surface area contributed by atoms with Crippen LogP contribution in [0.5, 0.6) is 0 Å². The van der Waals surface area contributed by atoms with Crippen LogP contribution >= 0.6 is 15.9 Å². The fraction of sp³-hybridized carbons (Fsp3) is 0.556. The highest BCUT2D eigenvalue weighted by Gasteiger charge is 2.38. The van der Waals surface area contributed by atoms with E-state index in [1.165, 1.54) is 22.1 Å². The van der Waals surface area contributed by atoms with Gasteiger partial charge in [0.15, 0.2) is 6.23 Å². The minimum Gasteiger partial charge on any atom is -0.441 e. The molecule has 2 heterocycles. The Labute approximate surface area is 211 Å². The Kier molecular flexibility index (Phi) is 6.73. The van der Waals surface area contributed by atoms with Gasteiger partial charge < -0.3 is 9.64 Å². The molecule has 3 atom stereocenters. The summed E-state index contributed by atoms with van der Waals surface area (Å²) in [7, 11) is 2.12. The van der Waals surface area contributed by atoms with Gasteiger partial charge in [-0.1, -0.05) is 18.2 Å². The van der Waals surface area contributed by atoms with Crippen molar-refractivity contribution in [2.45, 2.75) is 60.2 Å². The molecule has 0 N–H and O–H groups in total. The van der Waals surface area contributed by atoms with Crippen LogP contribution in [0.4, 0.5) is 0 Å². The number of esters is 1. The first kappa shape index (κ1) is 25.0. The smallest absolute Gasteiger partial charge is 0.313 e. The largest absolute Gasteiger partial charge is 0.441 e. The van der Waals surface area contributed by atoms with Crippen molar-refractivity contribution < 1.29 is 14.3 Å². The van der Waals surface area contributed by atoms with Gasteiger partial charge in [0.05, 0.1) is 21.5 Å². The minimum atomic E-state index is -0.569. The van der Waals surface area contributed by atoms with Crippen LogP contribution < -0.4 is 0 Å². The predicted octanol–water partition coefficient (Wildman–Crippen LogP) is 5.25. The third-order valence-corrected chi connectivity index (χ3v) is 8.04. The first-order chi connectivity index (χ1) is 16.0. The molecule has 0 fully saturated rings. The van der Waals surface area contributed by atoms with Crippen LogP contribution in [-0.4, -0.2) is 59.0 Å². The molecular weight excluding hydrogens is 494 g/mol. The summed E-state index contributed by atoms with van der Waals surface area (Å²) in [6, 6.07) is 6.51. The zero-order valence-corrected chi connectivity index (χ0v) is 22.9. The van der Waals surface area contributed by atoms with Crippen molar-refractivity contribution in [3.8, 4) is 0 Å². The van der Waals surface area contributed by atoms with Crippen LogP contribution in [0.1, 0.15) is 58.9 Å². The first-order valence-corrected chi connectivity index (χ1v) is 13.0. The van der Waals surface area contributed by atoms with Crippen LogP contribution in [0.15, 0.2) is 28.9 Å². The molecule has 6 nitrogen and oxygen atoms in total. The lowest BCUT2D eigenvalue weighted by Gasteiger charge is -2.40. The Balaban J connectivity index is 1.80. The van der Waals surface area contributed by atoms with E-state index in [9.17, 15) is 9.59 Å². The second-order valence-electron chi connectivity index (χ2n) is 10.5. The maximum absolute atomic E-state index is 13.2. The fourth-order valence-electron chi connectivity index (χ4n) is 5.28. The van der Waals surface area contributed by atoms with E-state index in [2.05, 4.69) is 56.7 Å². The Hall–Kier alpha value is -2.12. The summed E-state index contributed by atoms with van der Waals surface area (Å²) < 4.78 is 8.90. The summed E-state index contributed by atoms with van der Waals surface area (Å²) in [6.45, 7) is 13.7. The number of nitrogens with zero attached hydrogens (tertiary/aromatic N) is 3. The third kappa shape index (κ3) is 4.11. The van der Waals surface area contributed by atoms with Crippen molar-refractivity contribution in [3.05, 3.63) is 40.0 Å². The standard InChI is InChI=1S/C27H36BrN3O3/c1-8-30(9-2)25(32)17-13-19-18-11-10-12-21-23(18)20(14-22(19)29(7)15-17)24(28)31(21)16(3)34-26(33)27(4,5)6/h10-13,16-17,22H,8-9,14-15H2,1-7H3/t16?,17-,22-/m1/s1. The summed E-state index contributed by atoms with van der Waals surface area (Å²) in [5.41, 5.74) is 4.09. The van der Waals surface area contributed by atoms with Crippen molar-refractivity contribution in [3.63, 3.8) is 0 Å². The van der Waals surface area contributed by atoms with Crippen LogP contribution in [0, 0.1) is 11.3 Å². The molecule has 0 saturated heterocycles. The van der Waals surface area contributed by atoms with Gasteiger partial charge in [0.25, 0.3) is 0 Å². The molecule has 0 radical (unpaired) electrons. The molecular formula is C27H36BrN3O3. The zero-order valence-electron chi connectivity index (χ0n) is 21.3. The Bertz CT molecular complexity index is 1160. The highest BCUT2D eigenvalue weighted by molar-refractivity contribution is 9.10. The Morgan fingerprint density at radius 1 is 1.24 bits per heavy atom. The highest BCUT2D eigenvalue weighted by atomic mass is 79.9. The van der Waals surface area contributed by atoms with Gasteiger partial charge in [-0.05, 0) is 93.7 Å². The number of ether oxygens (including phenoxy) is 1. The van der Waals surface area contributed by atoms with Crippen molar-refractivity contribution in [1.82, 2.24) is 14.4 Å². The molecule has 7 heteroatoms. The van der Waals surface area contributed by atoms with Gasteiger partial charge in [0, 0.05) is 31.1 Å². The maximum atomic E-state index is 13.2. The summed E-state index contributed by atoms with van der Waals surface area (Å²) in [6.07, 6.45) is 2.60. The Morgan fingerprint density at radius 3 is 2.53 bits per heavy atom. The van der Waals surface area contributed by atoms with Crippen molar-refractivity contribution in [1.29, 1.82) is 0 Å². The van der Waals surface area contributed by atoms with E-state index >= 15 is 0 Å². The van der Waals surface area contributed by atoms with E-state index in [0.29, 0.717) is 6.54 Å². The molecule has 1 unspecified atom stereocenters. The topological polar surface area (TPSA) is 54.8 Å². The van der Waals surface area contributed by atoms with Crippen molar-refractivity contribution in [2.75, 3.05) is 26.7 Å². The number of amides is 1. The lowest BCUT2D eigenvalue weighted by molar-refractivity contribution is -0.162. The SMILES string of the molecule is CCN(CC)C(=O)[C@@H]1C=C2c3cccc4c3c(c(Br)n4C(C)OC(=O)C(C)(C)C)C[C@H]2N(C)C1. The lowest BCUT2D eigenvalue weighted by Crippen LogP contribution is -2.47. The van der Waals surface area contributed by atoms with Crippen LogP contribution in [0.3, 0.4) is 0 Å². The number of halogens is 1. The molecule has 2 aromatic rings. The van der Waals surface area contributed by atoms with Gasteiger partial charge >= 0.3 is 5.97 Å². The van der Waals surface area contributed by atoms with Gasteiger partial charge in [0.1, 0.15) is 0 Å². The molecule has 4 rings (SSSR count). The molecule has 34 heavy (non-hydrogen) atoms. The monoisotopic (exact) mass is 529 g/mol. The molecule has 1 aliphatic carbocycles. The molecule has 1 aromatic heterocycles. The maximum Gasteiger partial charge on any atom is 0.313 e. The average Bonchev–Trinajstić information content (AvgIpc) is 3.07. The number of rotatable bonds is 5. The fourth-order valence-corrected chi connectivity index (χ4v) is 6.12. The van der Waals surface area contributed by atoms with Gasteiger partial charge in [-0.15, -0.1) is 0 Å². The summed E-state index contributed by atoms with van der Waals surface area (Å²) in [5.74, 6) is -0.178. The normalized spacial score (nSPS) is 21.1. The number of benzene rings is 1. The lowest BCUT2D eigenvalue weighted by atomic mass is 9.79. The average molecular weight is 531 g/mol. The van der Waals surface area contributed by atoms with E-state index in [0.717, 1.165) is 29.6 Å². The minimum absolute atomic E-state index is 0.148. The second kappa shape index (κ2) is 9.15. The highest BCUT2D eigenvalue weighted by Crippen LogP contribution is 2.46. The predicted molar refractivity (Wildman–Crippen MR) is 139 cm³/mol. The first-order valence-electron chi connectivity index (χ1n) is 12.2. The van der Waals surface area contributed by atoms with Crippen LogP contribution in [0.2, 0.25) is 0 Å².